The maximum atomic E-state index is 11.4. The van der Waals surface area contributed by atoms with E-state index in [-0.39, 0.29) is 11.9 Å². The second-order valence-corrected chi connectivity index (χ2v) is 4.47. The van der Waals surface area contributed by atoms with Gasteiger partial charge in [0.15, 0.2) is 0 Å². The molecule has 82 valence electrons. The summed E-state index contributed by atoms with van der Waals surface area (Å²) in [5.41, 5.74) is 5.59. The van der Waals surface area contributed by atoms with Gasteiger partial charge in [0.05, 0.1) is 0 Å². The minimum atomic E-state index is 0.182. The van der Waals surface area contributed by atoms with Crippen molar-refractivity contribution in [3.05, 3.63) is 0 Å². The van der Waals surface area contributed by atoms with Crippen molar-refractivity contribution in [1.29, 1.82) is 0 Å². The second kappa shape index (κ2) is 6.02. The summed E-state index contributed by atoms with van der Waals surface area (Å²) in [7, 11) is 0. The van der Waals surface area contributed by atoms with Gasteiger partial charge in [-0.05, 0) is 32.1 Å². The molecule has 0 radical (unpaired) electrons. The van der Waals surface area contributed by atoms with Crippen LogP contribution < -0.4 is 11.1 Å². The van der Waals surface area contributed by atoms with Gasteiger partial charge in [-0.2, -0.15) is 0 Å². The Balaban J connectivity index is 2.03. The maximum absolute atomic E-state index is 11.4. The van der Waals surface area contributed by atoms with E-state index < -0.39 is 0 Å². The molecule has 0 aromatic rings. The van der Waals surface area contributed by atoms with Crippen molar-refractivity contribution in [3.63, 3.8) is 0 Å². The average Bonchev–Trinajstić information content (AvgIpc) is 2.56. The first-order valence-corrected chi connectivity index (χ1v) is 5.70. The summed E-state index contributed by atoms with van der Waals surface area (Å²) in [6.07, 6.45) is 6.67. The number of amides is 1. The number of nitrogens with two attached hydrogens (primary N) is 1. The third-order valence-corrected chi connectivity index (χ3v) is 2.87. The zero-order valence-electron chi connectivity index (χ0n) is 9.09. The van der Waals surface area contributed by atoms with E-state index in [1.807, 2.05) is 6.92 Å². The third kappa shape index (κ3) is 4.61. The first-order valence-electron chi connectivity index (χ1n) is 5.70. The van der Waals surface area contributed by atoms with Gasteiger partial charge in [-0.3, -0.25) is 4.79 Å². The van der Waals surface area contributed by atoms with Crippen molar-refractivity contribution in [1.82, 2.24) is 5.32 Å². The largest absolute Gasteiger partial charge is 0.356 e. The topological polar surface area (TPSA) is 55.1 Å². The van der Waals surface area contributed by atoms with Crippen LogP contribution >= 0.6 is 0 Å². The van der Waals surface area contributed by atoms with Gasteiger partial charge in [-0.15, -0.1) is 0 Å². The molecule has 14 heavy (non-hydrogen) atoms. The van der Waals surface area contributed by atoms with Gasteiger partial charge in [0, 0.05) is 19.0 Å². The average molecular weight is 198 g/mol. The molecular weight excluding hydrogens is 176 g/mol. The van der Waals surface area contributed by atoms with Gasteiger partial charge >= 0.3 is 0 Å². The number of hydrogen-bond acceptors (Lipinski definition) is 2. The SMILES string of the molecule is CC(N)CCNC(=O)CC1CCCC1. The zero-order valence-corrected chi connectivity index (χ0v) is 9.09. The van der Waals surface area contributed by atoms with Crippen molar-refractivity contribution in [3.8, 4) is 0 Å². The van der Waals surface area contributed by atoms with Gasteiger partial charge in [0.1, 0.15) is 0 Å². The van der Waals surface area contributed by atoms with Crippen LogP contribution in [-0.2, 0) is 4.79 Å². The molecule has 0 heterocycles. The summed E-state index contributed by atoms with van der Waals surface area (Å²) >= 11 is 0. The number of rotatable bonds is 5. The van der Waals surface area contributed by atoms with Crippen molar-refractivity contribution < 1.29 is 4.79 Å². The lowest BCUT2D eigenvalue weighted by atomic mass is 10.0. The van der Waals surface area contributed by atoms with Crippen LogP contribution in [0.4, 0.5) is 0 Å². The highest BCUT2D eigenvalue weighted by Gasteiger charge is 2.17. The van der Waals surface area contributed by atoms with Crippen LogP contribution in [0.5, 0.6) is 0 Å². The molecule has 1 fully saturated rings. The van der Waals surface area contributed by atoms with Gasteiger partial charge in [0.2, 0.25) is 5.91 Å². The summed E-state index contributed by atoms with van der Waals surface area (Å²) < 4.78 is 0. The van der Waals surface area contributed by atoms with Gasteiger partial charge in [-0.25, -0.2) is 0 Å². The molecule has 1 aliphatic rings. The lowest BCUT2D eigenvalue weighted by molar-refractivity contribution is -0.121. The molecule has 0 saturated heterocycles. The van der Waals surface area contributed by atoms with E-state index in [0.717, 1.165) is 19.4 Å². The minimum Gasteiger partial charge on any atom is -0.356 e. The Morgan fingerprint density at radius 2 is 2.14 bits per heavy atom. The van der Waals surface area contributed by atoms with E-state index in [1.54, 1.807) is 0 Å². The highest BCUT2D eigenvalue weighted by molar-refractivity contribution is 5.76. The smallest absolute Gasteiger partial charge is 0.220 e. The number of carbonyl (C=O) groups is 1. The normalized spacial score (nSPS) is 19.6. The molecule has 1 rings (SSSR count). The molecule has 1 saturated carbocycles. The molecular formula is C11H22N2O. The highest BCUT2D eigenvalue weighted by Crippen LogP contribution is 2.27. The summed E-state index contributed by atoms with van der Waals surface area (Å²) in [5, 5.41) is 2.92. The van der Waals surface area contributed by atoms with E-state index in [2.05, 4.69) is 5.32 Å². The van der Waals surface area contributed by atoms with E-state index in [0.29, 0.717) is 5.92 Å². The Kier molecular flexibility index (Phi) is 4.94. The molecule has 0 aliphatic heterocycles. The van der Waals surface area contributed by atoms with Crippen molar-refractivity contribution in [2.45, 2.75) is 51.5 Å². The quantitative estimate of drug-likeness (QED) is 0.702. The minimum absolute atomic E-state index is 0.182. The van der Waals surface area contributed by atoms with E-state index in [1.165, 1.54) is 25.7 Å². The lowest BCUT2D eigenvalue weighted by Crippen LogP contribution is -2.29. The van der Waals surface area contributed by atoms with E-state index in [9.17, 15) is 4.79 Å². The van der Waals surface area contributed by atoms with Crippen molar-refractivity contribution in [2.24, 2.45) is 11.7 Å². The van der Waals surface area contributed by atoms with E-state index in [4.69, 9.17) is 5.73 Å². The summed E-state index contributed by atoms with van der Waals surface area (Å²) in [6.45, 7) is 2.69. The Hall–Kier alpha value is -0.570. The van der Waals surface area contributed by atoms with Crippen LogP contribution in [0.2, 0.25) is 0 Å². The van der Waals surface area contributed by atoms with Crippen molar-refractivity contribution in [2.75, 3.05) is 6.54 Å². The fourth-order valence-corrected chi connectivity index (χ4v) is 1.99. The molecule has 0 bridgehead atoms. The van der Waals surface area contributed by atoms with Crippen LogP contribution in [0.15, 0.2) is 0 Å². The molecule has 3 N–H and O–H groups in total. The third-order valence-electron chi connectivity index (χ3n) is 2.87. The molecule has 0 aromatic carbocycles. The van der Waals surface area contributed by atoms with Crippen LogP contribution in [0.3, 0.4) is 0 Å². The molecule has 1 unspecified atom stereocenters. The van der Waals surface area contributed by atoms with Gasteiger partial charge in [0.25, 0.3) is 0 Å². The second-order valence-electron chi connectivity index (χ2n) is 4.47. The Labute approximate surface area is 86.4 Å². The Morgan fingerprint density at radius 3 is 2.71 bits per heavy atom. The van der Waals surface area contributed by atoms with Crippen LogP contribution in [0.1, 0.15) is 45.4 Å². The lowest BCUT2D eigenvalue weighted by Gasteiger charge is -2.10. The van der Waals surface area contributed by atoms with Crippen LogP contribution in [-0.4, -0.2) is 18.5 Å². The Morgan fingerprint density at radius 1 is 1.50 bits per heavy atom. The zero-order chi connectivity index (χ0) is 10.4. The van der Waals surface area contributed by atoms with Crippen LogP contribution in [0, 0.1) is 5.92 Å². The Bertz CT molecular complexity index is 174. The van der Waals surface area contributed by atoms with Gasteiger partial charge < -0.3 is 11.1 Å². The fourth-order valence-electron chi connectivity index (χ4n) is 1.99. The molecule has 1 aliphatic carbocycles. The summed E-state index contributed by atoms with van der Waals surface area (Å²) in [4.78, 5) is 11.4. The van der Waals surface area contributed by atoms with Crippen molar-refractivity contribution >= 4 is 5.91 Å². The predicted molar refractivity (Wildman–Crippen MR) is 57.9 cm³/mol. The molecule has 1 atom stereocenters. The fraction of sp³-hybridized carbons (Fsp3) is 0.909. The first kappa shape index (κ1) is 11.5. The molecule has 3 nitrogen and oxygen atoms in total. The number of hydrogen-bond donors (Lipinski definition) is 2. The summed E-state index contributed by atoms with van der Waals surface area (Å²) in [5.74, 6) is 0.850. The summed E-state index contributed by atoms with van der Waals surface area (Å²) in [6, 6.07) is 0.182. The highest BCUT2D eigenvalue weighted by atomic mass is 16.1. The predicted octanol–water partition coefficient (Wildman–Crippen LogP) is 1.42. The first-order chi connectivity index (χ1) is 6.68. The molecule has 0 spiro atoms. The maximum Gasteiger partial charge on any atom is 0.220 e. The van der Waals surface area contributed by atoms with Gasteiger partial charge in [-0.1, -0.05) is 12.8 Å². The van der Waals surface area contributed by atoms with E-state index >= 15 is 0 Å². The van der Waals surface area contributed by atoms with Crippen LogP contribution in [0.25, 0.3) is 0 Å². The molecule has 0 aromatic heterocycles. The number of carbonyl (C=O) groups excluding carboxylic acids is 1. The molecule has 1 amide bonds. The standard InChI is InChI=1S/C11H22N2O/c1-9(12)6-7-13-11(14)8-10-4-2-3-5-10/h9-10H,2-8,12H2,1H3,(H,13,14). The number of nitrogens with one attached hydrogen (secondary N) is 1. The molecule has 3 heteroatoms. The monoisotopic (exact) mass is 198 g/mol.